The number of esters is 1. The summed E-state index contributed by atoms with van der Waals surface area (Å²) in [4.78, 5) is 32.2. The summed E-state index contributed by atoms with van der Waals surface area (Å²) < 4.78 is 103. The van der Waals surface area contributed by atoms with Crippen molar-refractivity contribution in [1.29, 1.82) is 0 Å². The van der Waals surface area contributed by atoms with Crippen molar-refractivity contribution >= 4 is 17.6 Å². The molecular formula is C24H19F6N3O7. The van der Waals surface area contributed by atoms with Crippen LogP contribution in [0.1, 0.15) is 33.5 Å². The summed E-state index contributed by atoms with van der Waals surface area (Å²) in [5.41, 5.74) is -2.57. The monoisotopic (exact) mass is 575 g/mol. The molecule has 0 atom stereocenters. The van der Waals surface area contributed by atoms with Crippen LogP contribution in [-0.2, 0) is 10.9 Å². The number of halogens is 6. The average molecular weight is 575 g/mol. The normalized spacial score (nSPS) is 11.4. The summed E-state index contributed by atoms with van der Waals surface area (Å²) in [5.74, 6) is -4.86. The smallest absolute Gasteiger partial charge is 0.493 e. The maximum Gasteiger partial charge on any atom is 0.573 e. The molecule has 0 radical (unpaired) electrons. The highest BCUT2D eigenvalue weighted by atomic mass is 19.4. The average Bonchev–Trinajstić information content (AvgIpc) is 2.87. The van der Waals surface area contributed by atoms with Crippen LogP contribution in [0, 0.1) is 0 Å². The van der Waals surface area contributed by atoms with Gasteiger partial charge in [0.25, 0.3) is 5.91 Å². The predicted molar refractivity (Wildman–Crippen MR) is 124 cm³/mol. The minimum absolute atomic E-state index is 0.0506. The van der Waals surface area contributed by atoms with E-state index in [9.17, 15) is 35.9 Å². The van der Waals surface area contributed by atoms with E-state index in [-0.39, 0.29) is 29.5 Å². The highest BCUT2D eigenvalue weighted by molar-refractivity contribution is 6.08. The molecule has 1 aromatic carbocycles. The van der Waals surface area contributed by atoms with Crippen LogP contribution < -0.4 is 24.3 Å². The molecule has 0 bridgehead atoms. The largest absolute Gasteiger partial charge is 0.573 e. The number of methoxy groups -OCH3 is 2. The van der Waals surface area contributed by atoms with E-state index in [1.165, 1.54) is 13.0 Å². The van der Waals surface area contributed by atoms with E-state index in [0.29, 0.717) is 6.20 Å². The van der Waals surface area contributed by atoms with Crippen LogP contribution >= 0.6 is 0 Å². The molecule has 40 heavy (non-hydrogen) atoms. The van der Waals surface area contributed by atoms with Gasteiger partial charge in [-0.2, -0.15) is 13.2 Å². The lowest BCUT2D eigenvalue weighted by molar-refractivity contribution is -0.274. The third-order valence-corrected chi connectivity index (χ3v) is 4.78. The van der Waals surface area contributed by atoms with Crippen molar-refractivity contribution in [3.8, 4) is 28.7 Å². The van der Waals surface area contributed by atoms with E-state index in [4.69, 9.17) is 14.2 Å². The van der Waals surface area contributed by atoms with Crippen molar-refractivity contribution in [1.82, 2.24) is 9.97 Å². The molecule has 0 aliphatic heterocycles. The van der Waals surface area contributed by atoms with Crippen LogP contribution in [0.2, 0.25) is 0 Å². The number of hydrogen-bond acceptors (Lipinski definition) is 9. The van der Waals surface area contributed by atoms with Gasteiger partial charge >= 0.3 is 18.5 Å². The SMILES string of the molecule is CCOc1c(C(F)(F)F)ncc(Oc2ccc(OC(F)(F)F)cc2OC)c1C(=O)Nc1ccnc(C(=O)OC)c1. The third-order valence-electron chi connectivity index (χ3n) is 4.78. The van der Waals surface area contributed by atoms with Crippen LogP contribution in [0.3, 0.4) is 0 Å². The molecule has 0 saturated heterocycles. The Hall–Kier alpha value is -4.76. The van der Waals surface area contributed by atoms with E-state index in [1.54, 1.807) is 0 Å². The molecule has 0 aliphatic rings. The molecule has 1 N–H and O–H groups in total. The molecule has 10 nitrogen and oxygen atoms in total. The lowest BCUT2D eigenvalue weighted by Crippen LogP contribution is -2.20. The number of alkyl halides is 6. The highest BCUT2D eigenvalue weighted by Crippen LogP contribution is 2.43. The van der Waals surface area contributed by atoms with Gasteiger partial charge in [-0.1, -0.05) is 0 Å². The standard InChI is InChI=1S/C24H19F6N3O7/c1-4-38-19-18(21(34)33-12-7-8-31-14(9-12)22(35)37-3)17(11-32-20(19)23(25,26)27)39-15-6-5-13(10-16(15)36-2)40-24(28,29)30/h5-11H,4H2,1-3H3,(H,31,33,34). The highest BCUT2D eigenvalue weighted by Gasteiger charge is 2.40. The maximum absolute atomic E-state index is 13.8. The summed E-state index contributed by atoms with van der Waals surface area (Å²) in [7, 11) is 2.19. The Morgan fingerprint density at radius 3 is 2.27 bits per heavy atom. The van der Waals surface area contributed by atoms with Crippen LogP contribution in [0.25, 0.3) is 0 Å². The van der Waals surface area contributed by atoms with E-state index in [1.807, 2.05) is 0 Å². The first kappa shape index (κ1) is 29.8. The summed E-state index contributed by atoms with van der Waals surface area (Å²) in [5, 5.41) is 2.33. The Morgan fingerprint density at radius 2 is 1.68 bits per heavy atom. The summed E-state index contributed by atoms with van der Waals surface area (Å²) in [6.07, 6.45) is -8.33. The van der Waals surface area contributed by atoms with Gasteiger partial charge in [-0.25, -0.2) is 14.8 Å². The number of benzene rings is 1. The molecule has 0 fully saturated rings. The van der Waals surface area contributed by atoms with Crippen LogP contribution in [0.5, 0.6) is 28.7 Å². The molecule has 214 valence electrons. The Morgan fingerprint density at radius 1 is 0.950 bits per heavy atom. The second-order valence-electron chi connectivity index (χ2n) is 7.44. The zero-order valence-electron chi connectivity index (χ0n) is 20.8. The minimum Gasteiger partial charge on any atom is -0.493 e. The molecule has 0 aliphatic carbocycles. The first-order valence-electron chi connectivity index (χ1n) is 11.0. The fourth-order valence-corrected chi connectivity index (χ4v) is 3.22. The van der Waals surface area contributed by atoms with Gasteiger partial charge in [0.2, 0.25) is 0 Å². The number of pyridine rings is 2. The van der Waals surface area contributed by atoms with Gasteiger partial charge in [0.15, 0.2) is 28.7 Å². The number of nitrogens with one attached hydrogen (secondary N) is 1. The first-order chi connectivity index (χ1) is 18.8. The Labute approximate surface area is 221 Å². The number of rotatable bonds is 9. The molecule has 16 heteroatoms. The molecule has 3 aromatic rings. The van der Waals surface area contributed by atoms with Crippen molar-refractivity contribution in [2.75, 3.05) is 26.1 Å². The van der Waals surface area contributed by atoms with Gasteiger partial charge in [0.05, 0.1) is 27.0 Å². The van der Waals surface area contributed by atoms with Crippen LogP contribution in [-0.4, -0.2) is 49.0 Å². The number of ether oxygens (including phenoxy) is 5. The molecule has 3 rings (SSSR count). The lowest BCUT2D eigenvalue weighted by Gasteiger charge is -2.20. The van der Waals surface area contributed by atoms with Crippen molar-refractivity contribution in [3.05, 3.63) is 59.7 Å². The minimum atomic E-state index is -5.05. The van der Waals surface area contributed by atoms with Crippen molar-refractivity contribution in [3.63, 3.8) is 0 Å². The third kappa shape index (κ3) is 7.21. The summed E-state index contributed by atoms with van der Waals surface area (Å²) >= 11 is 0. The zero-order chi connectivity index (χ0) is 29.7. The summed E-state index contributed by atoms with van der Waals surface area (Å²) in [6, 6.07) is 5.01. The Kier molecular flexibility index (Phi) is 8.91. The van der Waals surface area contributed by atoms with Crippen LogP contribution in [0.15, 0.2) is 42.7 Å². The number of hydrogen-bond donors (Lipinski definition) is 1. The first-order valence-corrected chi connectivity index (χ1v) is 11.0. The number of nitrogens with zero attached hydrogens (tertiary/aromatic N) is 2. The van der Waals surface area contributed by atoms with Crippen molar-refractivity contribution in [2.45, 2.75) is 19.5 Å². The van der Waals surface area contributed by atoms with E-state index >= 15 is 0 Å². The molecule has 0 spiro atoms. The Balaban J connectivity index is 2.12. The Bertz CT molecular complexity index is 1400. The number of carbonyl (C=O) groups is 2. The quantitative estimate of drug-likeness (QED) is 0.256. The van der Waals surface area contributed by atoms with Gasteiger partial charge in [0.1, 0.15) is 17.0 Å². The van der Waals surface area contributed by atoms with Crippen molar-refractivity contribution in [2.24, 2.45) is 0 Å². The fourth-order valence-electron chi connectivity index (χ4n) is 3.22. The van der Waals surface area contributed by atoms with Gasteiger partial charge in [-0.05, 0) is 31.2 Å². The maximum atomic E-state index is 13.8. The molecule has 0 unspecified atom stereocenters. The summed E-state index contributed by atoms with van der Waals surface area (Å²) in [6.45, 7) is 1.05. The second kappa shape index (κ2) is 12.0. The zero-order valence-corrected chi connectivity index (χ0v) is 20.8. The van der Waals surface area contributed by atoms with Gasteiger partial charge in [0, 0.05) is 18.0 Å². The second-order valence-corrected chi connectivity index (χ2v) is 7.44. The van der Waals surface area contributed by atoms with Gasteiger partial charge in [-0.15, -0.1) is 13.2 Å². The number of amides is 1. The van der Waals surface area contributed by atoms with Crippen molar-refractivity contribution < 1.29 is 59.6 Å². The molecule has 2 aromatic heterocycles. The van der Waals surface area contributed by atoms with Crippen LogP contribution in [0.4, 0.5) is 32.0 Å². The van der Waals surface area contributed by atoms with Gasteiger partial charge < -0.3 is 29.0 Å². The molecular weight excluding hydrogens is 556 g/mol. The molecule has 2 heterocycles. The number of anilines is 1. The van der Waals surface area contributed by atoms with E-state index < -0.39 is 52.9 Å². The van der Waals surface area contributed by atoms with Gasteiger partial charge in [-0.3, -0.25) is 4.79 Å². The van der Waals surface area contributed by atoms with E-state index in [2.05, 4.69) is 24.8 Å². The number of carbonyl (C=O) groups excluding carboxylic acids is 2. The topological polar surface area (TPSA) is 118 Å². The van der Waals surface area contributed by atoms with E-state index in [0.717, 1.165) is 44.7 Å². The molecule has 0 saturated carbocycles. The lowest BCUT2D eigenvalue weighted by atomic mass is 10.1. The molecule has 1 amide bonds. The fraction of sp³-hybridized carbons (Fsp3) is 0.250. The number of aromatic nitrogens is 2. The predicted octanol–water partition coefficient (Wildman–Crippen LogP) is 5.63.